The lowest BCUT2D eigenvalue weighted by atomic mass is 10.1. The number of anilines is 1. The molecule has 32 heavy (non-hydrogen) atoms. The number of fused-ring (bicyclic) bond motifs is 1. The minimum atomic E-state index is -2.90. The van der Waals surface area contributed by atoms with E-state index in [1.165, 1.54) is 28.1 Å². The summed E-state index contributed by atoms with van der Waals surface area (Å²) in [5.41, 5.74) is 0.436. The zero-order chi connectivity index (χ0) is 23.0. The molecular formula is C20H21ClF3N5O3. The lowest BCUT2D eigenvalue weighted by Gasteiger charge is -2.30. The number of hydrogen-bond donors (Lipinski definition) is 1. The van der Waals surface area contributed by atoms with Gasteiger partial charge in [-0.2, -0.15) is 13.9 Å². The lowest BCUT2D eigenvalue weighted by Crippen LogP contribution is -2.44. The first-order valence-corrected chi connectivity index (χ1v) is 10.3. The Balaban J connectivity index is 1.46. The van der Waals surface area contributed by atoms with Gasteiger partial charge in [-0.25, -0.2) is 9.18 Å². The smallest absolute Gasteiger partial charge is 0.334 e. The van der Waals surface area contributed by atoms with Crippen LogP contribution in [0, 0.1) is 5.82 Å². The highest BCUT2D eigenvalue weighted by Crippen LogP contribution is 2.42. The summed E-state index contributed by atoms with van der Waals surface area (Å²) in [4.78, 5) is 28.7. The van der Waals surface area contributed by atoms with Crippen molar-refractivity contribution in [1.29, 1.82) is 0 Å². The van der Waals surface area contributed by atoms with Gasteiger partial charge in [0.1, 0.15) is 5.82 Å². The summed E-state index contributed by atoms with van der Waals surface area (Å²) in [7, 11) is 1.56. The van der Waals surface area contributed by atoms with Crippen molar-refractivity contribution in [3.8, 4) is 0 Å². The van der Waals surface area contributed by atoms with Crippen LogP contribution in [0.5, 0.6) is 0 Å². The second kappa shape index (κ2) is 8.62. The SMILES string of the molecule is CN(C(=O)c1cnn2c1CN(C(=O)Nc1ccc(F)c(Cl)c1)CC2)C1(COC(F)F)CC1. The largest absolute Gasteiger partial charge is 0.345 e. The van der Waals surface area contributed by atoms with Crippen molar-refractivity contribution in [3.05, 3.63) is 46.5 Å². The van der Waals surface area contributed by atoms with Crippen molar-refractivity contribution >= 4 is 29.2 Å². The summed E-state index contributed by atoms with van der Waals surface area (Å²) in [5, 5.41) is 6.78. The number of urea groups is 1. The van der Waals surface area contributed by atoms with Crippen molar-refractivity contribution in [2.24, 2.45) is 0 Å². The number of nitrogens with one attached hydrogen (secondary N) is 1. The molecule has 12 heteroatoms. The highest BCUT2D eigenvalue weighted by Gasteiger charge is 2.50. The maximum atomic E-state index is 13.3. The molecule has 1 aliphatic carbocycles. The first-order chi connectivity index (χ1) is 15.2. The monoisotopic (exact) mass is 471 g/mol. The molecule has 0 bridgehead atoms. The number of carbonyl (C=O) groups excluding carboxylic acids is 2. The van der Waals surface area contributed by atoms with Gasteiger partial charge in [0.15, 0.2) is 0 Å². The topological polar surface area (TPSA) is 79.7 Å². The number of carbonyl (C=O) groups is 2. The number of likely N-dealkylation sites (N-methyl/N-ethyl adjacent to an activating group) is 1. The Labute approximate surface area is 186 Å². The van der Waals surface area contributed by atoms with Crippen LogP contribution in [0.25, 0.3) is 0 Å². The van der Waals surface area contributed by atoms with Crippen LogP contribution in [0.15, 0.2) is 24.4 Å². The van der Waals surface area contributed by atoms with Crippen LogP contribution in [0.4, 0.5) is 23.7 Å². The van der Waals surface area contributed by atoms with Gasteiger partial charge in [0.05, 0.1) is 47.7 Å². The average molecular weight is 472 g/mol. The number of amides is 3. The Hall–Kier alpha value is -2.79. The Bertz CT molecular complexity index is 1040. The molecule has 0 atom stereocenters. The normalized spacial score (nSPS) is 16.6. The van der Waals surface area contributed by atoms with Gasteiger partial charge in [0.25, 0.3) is 5.91 Å². The van der Waals surface area contributed by atoms with Crippen molar-refractivity contribution in [1.82, 2.24) is 19.6 Å². The van der Waals surface area contributed by atoms with Gasteiger partial charge in [-0.15, -0.1) is 0 Å². The first-order valence-electron chi connectivity index (χ1n) is 9.94. The molecule has 3 amide bonds. The highest BCUT2D eigenvalue weighted by molar-refractivity contribution is 6.31. The lowest BCUT2D eigenvalue weighted by molar-refractivity contribution is -0.141. The van der Waals surface area contributed by atoms with E-state index >= 15 is 0 Å². The predicted molar refractivity (Wildman–Crippen MR) is 109 cm³/mol. The molecule has 2 aromatic rings. The summed E-state index contributed by atoms with van der Waals surface area (Å²) in [6, 6.07) is 3.43. The van der Waals surface area contributed by atoms with Crippen molar-refractivity contribution in [2.45, 2.75) is 38.1 Å². The van der Waals surface area contributed by atoms with E-state index in [2.05, 4.69) is 15.2 Å². The van der Waals surface area contributed by atoms with Crippen molar-refractivity contribution in [3.63, 3.8) is 0 Å². The van der Waals surface area contributed by atoms with Gasteiger partial charge in [-0.1, -0.05) is 11.6 Å². The van der Waals surface area contributed by atoms with Crippen LogP contribution in [0.3, 0.4) is 0 Å². The molecule has 2 heterocycles. The minimum absolute atomic E-state index is 0.111. The number of alkyl halides is 2. The van der Waals surface area contributed by atoms with Crippen molar-refractivity contribution < 1.29 is 27.5 Å². The molecule has 8 nitrogen and oxygen atoms in total. The fourth-order valence-corrected chi connectivity index (χ4v) is 3.89. The summed E-state index contributed by atoms with van der Waals surface area (Å²) in [6.45, 7) is -2.29. The van der Waals surface area contributed by atoms with Crippen LogP contribution in [-0.4, -0.2) is 63.9 Å². The molecule has 4 rings (SSSR count). The second-order valence-electron chi connectivity index (χ2n) is 7.87. The van der Waals surface area contributed by atoms with Gasteiger partial charge in [-0.3, -0.25) is 9.48 Å². The molecule has 1 saturated carbocycles. The van der Waals surface area contributed by atoms with Crippen molar-refractivity contribution in [2.75, 3.05) is 25.5 Å². The molecule has 1 aliphatic heterocycles. The number of ether oxygens (including phenoxy) is 1. The average Bonchev–Trinajstić information content (AvgIpc) is 3.45. The number of halogens is 4. The standard InChI is InChI=1S/C20H21ClF3N5O3/c1-27(20(4-5-20)11-32-18(23)24)17(30)13-9-25-29-7-6-28(10-16(13)29)19(31)26-12-2-3-15(22)14(21)8-12/h2-3,8-9,18H,4-7,10-11H2,1H3,(H,26,31). The molecule has 172 valence electrons. The van der Waals surface area contributed by atoms with E-state index in [0.29, 0.717) is 42.9 Å². The summed E-state index contributed by atoms with van der Waals surface area (Å²) >= 11 is 5.76. The second-order valence-corrected chi connectivity index (χ2v) is 8.28. The number of aromatic nitrogens is 2. The fourth-order valence-electron chi connectivity index (χ4n) is 3.71. The Kier molecular flexibility index (Phi) is 6.04. The number of benzene rings is 1. The maximum Gasteiger partial charge on any atom is 0.345 e. The van der Waals surface area contributed by atoms with Gasteiger partial charge in [0.2, 0.25) is 0 Å². The third kappa shape index (κ3) is 4.40. The van der Waals surface area contributed by atoms with Crippen LogP contribution < -0.4 is 5.32 Å². The molecule has 0 radical (unpaired) electrons. The van der Waals surface area contributed by atoms with E-state index < -0.39 is 24.0 Å². The predicted octanol–water partition coefficient (Wildman–Crippen LogP) is 3.57. The molecular weight excluding hydrogens is 451 g/mol. The van der Waals surface area contributed by atoms with Crippen LogP contribution in [0.2, 0.25) is 5.02 Å². The Morgan fingerprint density at radius 1 is 1.34 bits per heavy atom. The van der Waals surface area contributed by atoms with E-state index in [9.17, 15) is 22.8 Å². The summed E-state index contributed by atoms with van der Waals surface area (Å²) in [5.74, 6) is -0.958. The van der Waals surface area contributed by atoms with Gasteiger partial charge >= 0.3 is 12.6 Å². The van der Waals surface area contributed by atoms with E-state index in [0.717, 1.165) is 6.07 Å². The van der Waals surface area contributed by atoms with Crippen LogP contribution in [0.1, 0.15) is 28.9 Å². The fraction of sp³-hybridized carbons (Fsp3) is 0.450. The highest BCUT2D eigenvalue weighted by atomic mass is 35.5. The third-order valence-corrected chi connectivity index (χ3v) is 6.17. The Morgan fingerprint density at radius 3 is 2.75 bits per heavy atom. The third-order valence-electron chi connectivity index (χ3n) is 5.88. The maximum absolute atomic E-state index is 13.3. The van der Waals surface area contributed by atoms with Gasteiger partial charge in [-0.05, 0) is 31.0 Å². The zero-order valence-corrected chi connectivity index (χ0v) is 17.9. The molecule has 1 aromatic heterocycles. The minimum Gasteiger partial charge on any atom is -0.334 e. The molecule has 2 aliphatic rings. The van der Waals surface area contributed by atoms with E-state index in [4.69, 9.17) is 11.6 Å². The Morgan fingerprint density at radius 2 is 2.09 bits per heavy atom. The zero-order valence-electron chi connectivity index (χ0n) is 17.2. The van der Waals surface area contributed by atoms with E-state index in [1.807, 2.05) is 0 Å². The number of nitrogens with zero attached hydrogens (tertiary/aromatic N) is 4. The van der Waals surface area contributed by atoms with Crippen LogP contribution in [-0.2, 0) is 17.8 Å². The number of hydrogen-bond acceptors (Lipinski definition) is 4. The molecule has 0 unspecified atom stereocenters. The summed E-state index contributed by atoms with van der Waals surface area (Å²) < 4.78 is 44.4. The quantitative estimate of drug-likeness (QED) is 0.698. The molecule has 1 fully saturated rings. The molecule has 0 saturated heterocycles. The molecule has 1 N–H and O–H groups in total. The van der Waals surface area contributed by atoms with E-state index in [-0.39, 0.29) is 24.1 Å². The van der Waals surface area contributed by atoms with E-state index in [1.54, 1.807) is 11.7 Å². The molecule has 1 aromatic carbocycles. The first kappa shape index (κ1) is 22.4. The van der Waals surface area contributed by atoms with Crippen LogP contribution >= 0.6 is 11.6 Å². The number of rotatable bonds is 6. The van der Waals surface area contributed by atoms with Gasteiger partial charge < -0.3 is 19.9 Å². The summed E-state index contributed by atoms with van der Waals surface area (Å²) in [6.07, 6.45) is 2.57. The molecule has 0 spiro atoms. The van der Waals surface area contributed by atoms with Gasteiger partial charge in [0, 0.05) is 19.3 Å².